The quantitative estimate of drug-likeness (QED) is 0.211. The highest BCUT2D eigenvalue weighted by molar-refractivity contribution is 6.34. The summed E-state index contributed by atoms with van der Waals surface area (Å²) < 4.78 is 16.1. The number of methoxy groups -OCH3 is 1. The molecule has 0 unspecified atom stereocenters. The van der Waals surface area contributed by atoms with Gasteiger partial charge in [-0.25, -0.2) is 9.79 Å². The molecule has 0 N–H and O–H groups in total. The van der Waals surface area contributed by atoms with Crippen molar-refractivity contribution in [3.05, 3.63) is 80.5 Å². The third-order valence-electron chi connectivity index (χ3n) is 3.98. The molecule has 2 aromatic carbocycles. The molecule has 0 aromatic heterocycles. The summed E-state index contributed by atoms with van der Waals surface area (Å²) in [4.78, 5) is 26.7. The normalized spacial score (nSPS) is 14.3. The molecular formula is C21H17ClN2O6. The summed E-state index contributed by atoms with van der Waals surface area (Å²) in [6.45, 7) is 5.99. The fraction of sp³-hybridized carbons (Fsp3) is 0.143. The van der Waals surface area contributed by atoms with E-state index in [1.807, 2.05) is 6.92 Å². The van der Waals surface area contributed by atoms with Crippen LogP contribution in [0.1, 0.15) is 18.1 Å². The third-order valence-corrected chi connectivity index (χ3v) is 4.29. The van der Waals surface area contributed by atoms with Gasteiger partial charge >= 0.3 is 5.97 Å². The Bertz CT molecular complexity index is 1110. The van der Waals surface area contributed by atoms with Gasteiger partial charge in [-0.1, -0.05) is 24.2 Å². The van der Waals surface area contributed by atoms with Crippen LogP contribution in [0.15, 0.2) is 59.2 Å². The van der Waals surface area contributed by atoms with Crippen molar-refractivity contribution < 1.29 is 23.9 Å². The Hall–Kier alpha value is -3.65. The van der Waals surface area contributed by atoms with Crippen molar-refractivity contribution in [1.82, 2.24) is 0 Å². The van der Waals surface area contributed by atoms with Crippen molar-refractivity contribution in [2.24, 2.45) is 4.99 Å². The van der Waals surface area contributed by atoms with E-state index in [1.54, 1.807) is 18.2 Å². The van der Waals surface area contributed by atoms with Crippen LogP contribution in [0.25, 0.3) is 6.08 Å². The maximum Gasteiger partial charge on any atom is 0.363 e. The van der Waals surface area contributed by atoms with Crippen LogP contribution in [0, 0.1) is 10.1 Å². The molecule has 0 aliphatic carbocycles. The van der Waals surface area contributed by atoms with Crippen LogP contribution in [0.3, 0.4) is 0 Å². The van der Waals surface area contributed by atoms with Gasteiger partial charge in [-0.05, 0) is 42.3 Å². The average molecular weight is 429 g/mol. The van der Waals surface area contributed by atoms with Crippen LogP contribution >= 0.6 is 11.6 Å². The van der Waals surface area contributed by atoms with Crippen molar-refractivity contribution in [3.63, 3.8) is 0 Å². The molecule has 0 fully saturated rings. The zero-order chi connectivity index (χ0) is 21.8. The molecule has 30 heavy (non-hydrogen) atoms. The van der Waals surface area contributed by atoms with Gasteiger partial charge in [-0.15, -0.1) is 0 Å². The Morgan fingerprint density at radius 3 is 2.70 bits per heavy atom. The largest absolute Gasteiger partial charge is 0.493 e. The van der Waals surface area contributed by atoms with E-state index in [2.05, 4.69) is 11.6 Å². The Morgan fingerprint density at radius 1 is 1.30 bits per heavy atom. The minimum atomic E-state index is -0.666. The van der Waals surface area contributed by atoms with Gasteiger partial charge in [0.2, 0.25) is 5.90 Å². The number of cyclic esters (lactones) is 1. The van der Waals surface area contributed by atoms with Gasteiger partial charge in [0.1, 0.15) is 6.61 Å². The smallest absolute Gasteiger partial charge is 0.363 e. The number of benzene rings is 2. The highest BCUT2D eigenvalue weighted by Gasteiger charge is 2.26. The number of nitro benzene ring substituents is 1. The third kappa shape index (κ3) is 4.66. The van der Waals surface area contributed by atoms with Crippen LogP contribution in [-0.4, -0.2) is 30.5 Å². The lowest BCUT2D eigenvalue weighted by Crippen LogP contribution is -2.06. The van der Waals surface area contributed by atoms with Crippen molar-refractivity contribution in [1.29, 1.82) is 0 Å². The number of esters is 1. The Balaban J connectivity index is 1.89. The zero-order valence-electron chi connectivity index (χ0n) is 16.2. The first-order chi connectivity index (χ1) is 14.3. The van der Waals surface area contributed by atoms with Crippen molar-refractivity contribution in [2.45, 2.75) is 6.92 Å². The first-order valence-corrected chi connectivity index (χ1v) is 9.08. The molecule has 154 valence electrons. The number of ether oxygens (including phenoxy) is 3. The molecule has 0 bridgehead atoms. The van der Waals surface area contributed by atoms with Crippen LogP contribution < -0.4 is 9.47 Å². The van der Waals surface area contributed by atoms with Gasteiger partial charge < -0.3 is 14.2 Å². The molecule has 8 nitrogen and oxygen atoms in total. The minimum absolute atomic E-state index is 0.0282. The predicted octanol–water partition coefficient (Wildman–Crippen LogP) is 4.56. The standard InChI is InChI=1S/C21H17ClN2O6/c1-12(2)11-29-18-7-4-13(9-19(18)28-3)8-17-21(25)30-20(23-17)15-6-5-14(24(26)27)10-16(15)22/h4-10H,1,11H2,2-3H3/b17-8-. The molecule has 9 heteroatoms. The topological polar surface area (TPSA) is 100 Å². The number of carbonyl (C=O) groups is 1. The minimum Gasteiger partial charge on any atom is -0.493 e. The molecule has 1 heterocycles. The number of nitro groups is 1. The first-order valence-electron chi connectivity index (χ1n) is 8.70. The number of non-ortho nitro benzene ring substituents is 1. The van der Waals surface area contributed by atoms with Gasteiger partial charge in [0.15, 0.2) is 17.2 Å². The molecule has 0 atom stereocenters. The van der Waals surface area contributed by atoms with E-state index < -0.39 is 10.9 Å². The second-order valence-corrected chi connectivity index (χ2v) is 6.82. The van der Waals surface area contributed by atoms with Gasteiger partial charge in [-0.3, -0.25) is 10.1 Å². The molecular weight excluding hydrogens is 412 g/mol. The Kier molecular flexibility index (Phi) is 6.17. The second kappa shape index (κ2) is 8.79. The maximum absolute atomic E-state index is 12.2. The highest BCUT2D eigenvalue weighted by Crippen LogP contribution is 2.31. The number of halogens is 1. The molecule has 2 aromatic rings. The maximum atomic E-state index is 12.2. The van der Waals surface area contributed by atoms with Crippen molar-refractivity contribution in [2.75, 3.05) is 13.7 Å². The molecule has 1 aliphatic rings. The van der Waals surface area contributed by atoms with Crippen LogP contribution in [-0.2, 0) is 9.53 Å². The van der Waals surface area contributed by atoms with Crippen LogP contribution in [0.2, 0.25) is 5.02 Å². The van der Waals surface area contributed by atoms with Crippen molar-refractivity contribution >= 4 is 35.2 Å². The molecule has 0 amide bonds. The summed E-state index contributed by atoms with van der Waals surface area (Å²) in [5.41, 5.74) is 1.66. The molecule has 1 aliphatic heterocycles. The lowest BCUT2D eigenvalue weighted by atomic mass is 10.1. The SMILES string of the molecule is C=C(C)COc1ccc(/C=C2\N=C(c3ccc([N+](=O)[O-])cc3Cl)OC2=O)cc1OC. The van der Waals surface area contributed by atoms with Gasteiger partial charge in [-0.2, -0.15) is 0 Å². The van der Waals surface area contributed by atoms with E-state index in [4.69, 9.17) is 25.8 Å². The van der Waals surface area contributed by atoms with Gasteiger partial charge in [0.05, 0.1) is 22.6 Å². The fourth-order valence-electron chi connectivity index (χ4n) is 2.57. The lowest BCUT2D eigenvalue weighted by Gasteiger charge is -2.11. The Labute approximate surface area is 177 Å². The van der Waals surface area contributed by atoms with E-state index in [1.165, 1.54) is 31.4 Å². The number of carbonyl (C=O) groups excluding carboxylic acids is 1. The zero-order valence-corrected chi connectivity index (χ0v) is 16.9. The molecule has 0 radical (unpaired) electrons. The number of nitrogens with zero attached hydrogens (tertiary/aromatic N) is 2. The van der Waals surface area contributed by atoms with Gasteiger partial charge in [0.25, 0.3) is 5.69 Å². The van der Waals surface area contributed by atoms with E-state index in [9.17, 15) is 14.9 Å². The Morgan fingerprint density at radius 2 is 2.07 bits per heavy atom. The molecule has 0 spiro atoms. The summed E-state index contributed by atoms with van der Waals surface area (Å²) in [6.07, 6.45) is 1.53. The van der Waals surface area contributed by atoms with Crippen molar-refractivity contribution in [3.8, 4) is 11.5 Å². The summed E-state index contributed by atoms with van der Waals surface area (Å²) in [5, 5.41) is 10.9. The summed E-state index contributed by atoms with van der Waals surface area (Å²) in [7, 11) is 1.51. The summed E-state index contributed by atoms with van der Waals surface area (Å²) in [5.74, 6) is 0.332. The second-order valence-electron chi connectivity index (χ2n) is 6.41. The van der Waals surface area contributed by atoms with Crippen LogP contribution in [0.5, 0.6) is 11.5 Å². The summed E-state index contributed by atoms with van der Waals surface area (Å²) in [6, 6.07) is 8.96. The number of aliphatic imine (C=N–C) groups is 1. The lowest BCUT2D eigenvalue weighted by molar-refractivity contribution is -0.384. The molecule has 3 rings (SSSR count). The van der Waals surface area contributed by atoms with E-state index in [0.717, 1.165) is 5.57 Å². The van der Waals surface area contributed by atoms with Crippen LogP contribution in [0.4, 0.5) is 5.69 Å². The molecule has 0 saturated carbocycles. The monoisotopic (exact) mass is 428 g/mol. The van der Waals surface area contributed by atoms with E-state index in [-0.39, 0.29) is 27.9 Å². The fourth-order valence-corrected chi connectivity index (χ4v) is 2.82. The van der Waals surface area contributed by atoms with E-state index >= 15 is 0 Å². The van der Waals surface area contributed by atoms with Gasteiger partial charge in [0, 0.05) is 12.1 Å². The average Bonchev–Trinajstić information content (AvgIpc) is 3.06. The number of rotatable bonds is 7. The highest BCUT2D eigenvalue weighted by atomic mass is 35.5. The summed E-state index contributed by atoms with van der Waals surface area (Å²) >= 11 is 6.09. The van der Waals surface area contributed by atoms with E-state index in [0.29, 0.717) is 23.7 Å². The first kappa shape index (κ1) is 21.1. The number of hydrogen-bond donors (Lipinski definition) is 0. The molecule has 0 saturated heterocycles. The predicted molar refractivity (Wildman–Crippen MR) is 112 cm³/mol. The number of hydrogen-bond acceptors (Lipinski definition) is 7.